The molecule has 0 radical (unpaired) electrons. The lowest BCUT2D eigenvalue weighted by atomic mass is 10.0. The predicted molar refractivity (Wildman–Crippen MR) is 113 cm³/mol. The predicted octanol–water partition coefficient (Wildman–Crippen LogP) is 4.49. The third-order valence-electron chi connectivity index (χ3n) is 5.29. The Kier molecular flexibility index (Phi) is 5.35. The summed E-state index contributed by atoms with van der Waals surface area (Å²) in [6.45, 7) is 2.52. The molecule has 0 saturated heterocycles. The molecule has 1 atom stereocenters. The smallest absolute Gasteiger partial charge is 0.382 e. The summed E-state index contributed by atoms with van der Waals surface area (Å²) in [5, 5.41) is 6.36. The highest BCUT2D eigenvalue weighted by Gasteiger charge is 2.31. The molecule has 31 heavy (non-hydrogen) atoms. The van der Waals surface area contributed by atoms with E-state index in [1.807, 2.05) is 18.2 Å². The SMILES string of the molecule is CNCc1cc(-c2ccc3c(c2)CC(C)N3)n(S(=O)(=O)c2ccc(C(F)(F)F)cc2)c1. The first-order chi connectivity index (χ1) is 14.6. The number of nitrogens with one attached hydrogen (secondary N) is 2. The highest BCUT2D eigenvalue weighted by atomic mass is 32.2. The van der Waals surface area contributed by atoms with Crippen molar-refractivity contribution in [3.8, 4) is 11.3 Å². The van der Waals surface area contributed by atoms with Gasteiger partial charge in [0.1, 0.15) is 0 Å². The van der Waals surface area contributed by atoms with Crippen molar-refractivity contribution in [2.24, 2.45) is 0 Å². The summed E-state index contributed by atoms with van der Waals surface area (Å²) in [5.41, 5.74) is 3.17. The van der Waals surface area contributed by atoms with Crippen LogP contribution in [0.4, 0.5) is 18.9 Å². The van der Waals surface area contributed by atoms with Gasteiger partial charge < -0.3 is 10.6 Å². The summed E-state index contributed by atoms with van der Waals surface area (Å²) in [6, 6.07) is 11.4. The normalized spacial score (nSPS) is 16.2. The van der Waals surface area contributed by atoms with Gasteiger partial charge in [0, 0.05) is 24.5 Å². The number of aromatic nitrogens is 1. The number of hydrogen-bond acceptors (Lipinski definition) is 4. The van der Waals surface area contributed by atoms with Crippen molar-refractivity contribution in [2.75, 3.05) is 12.4 Å². The Bertz CT molecular complexity index is 1220. The van der Waals surface area contributed by atoms with Gasteiger partial charge in [-0.3, -0.25) is 0 Å². The van der Waals surface area contributed by atoms with Gasteiger partial charge in [0.25, 0.3) is 10.0 Å². The first-order valence-corrected chi connectivity index (χ1v) is 11.2. The summed E-state index contributed by atoms with van der Waals surface area (Å²) in [4.78, 5) is -0.204. The molecular weight excluding hydrogens is 427 g/mol. The Labute approximate surface area is 179 Å². The molecule has 0 saturated carbocycles. The minimum atomic E-state index is -4.53. The zero-order valence-electron chi connectivity index (χ0n) is 17.0. The average Bonchev–Trinajstić information content (AvgIpc) is 3.30. The van der Waals surface area contributed by atoms with Gasteiger partial charge in [-0.05, 0) is 79.5 Å². The van der Waals surface area contributed by atoms with Crippen molar-refractivity contribution in [3.63, 3.8) is 0 Å². The van der Waals surface area contributed by atoms with E-state index in [9.17, 15) is 21.6 Å². The number of halogens is 3. The second-order valence-corrected chi connectivity index (χ2v) is 9.52. The first-order valence-electron chi connectivity index (χ1n) is 9.78. The number of fused-ring (bicyclic) bond motifs is 1. The maximum atomic E-state index is 13.3. The Morgan fingerprint density at radius 1 is 1.13 bits per heavy atom. The molecule has 164 valence electrons. The third kappa shape index (κ3) is 4.07. The van der Waals surface area contributed by atoms with Crippen LogP contribution < -0.4 is 10.6 Å². The van der Waals surface area contributed by atoms with Gasteiger partial charge in [-0.15, -0.1) is 0 Å². The zero-order valence-corrected chi connectivity index (χ0v) is 17.8. The molecule has 1 aliphatic heterocycles. The van der Waals surface area contributed by atoms with Crippen LogP contribution in [0.15, 0.2) is 59.6 Å². The molecule has 0 amide bonds. The van der Waals surface area contributed by atoms with Gasteiger partial charge in [0.2, 0.25) is 0 Å². The van der Waals surface area contributed by atoms with Crippen LogP contribution in [0, 0.1) is 0 Å². The van der Waals surface area contributed by atoms with E-state index in [0.717, 1.165) is 57.0 Å². The molecule has 2 aromatic carbocycles. The van der Waals surface area contributed by atoms with Gasteiger partial charge in [-0.1, -0.05) is 6.07 Å². The summed E-state index contributed by atoms with van der Waals surface area (Å²) in [5.74, 6) is 0. The highest BCUT2D eigenvalue weighted by Crippen LogP contribution is 2.34. The van der Waals surface area contributed by atoms with Crippen molar-refractivity contribution in [1.82, 2.24) is 9.29 Å². The van der Waals surface area contributed by atoms with E-state index >= 15 is 0 Å². The minimum absolute atomic E-state index is 0.204. The molecule has 0 aliphatic carbocycles. The Balaban J connectivity index is 1.80. The molecule has 3 aromatic rings. The van der Waals surface area contributed by atoms with Crippen LogP contribution in [0.3, 0.4) is 0 Å². The van der Waals surface area contributed by atoms with Crippen molar-refractivity contribution in [2.45, 2.75) is 37.0 Å². The standard InChI is InChI=1S/C22H22F3N3O2S/c1-14-9-17-11-16(3-8-20(17)27-14)21-10-15(12-26-2)13-28(21)31(29,30)19-6-4-18(5-7-19)22(23,24)25/h3-8,10-11,13-14,26-27H,9,12H2,1-2H3. The maximum absolute atomic E-state index is 13.3. The second kappa shape index (κ2) is 7.72. The van der Waals surface area contributed by atoms with Crippen LogP contribution in [0.5, 0.6) is 0 Å². The molecule has 0 spiro atoms. The van der Waals surface area contributed by atoms with E-state index in [4.69, 9.17) is 0 Å². The number of hydrogen-bond donors (Lipinski definition) is 2. The fraction of sp³-hybridized carbons (Fsp3) is 0.273. The Hall–Kier alpha value is -2.78. The molecule has 2 N–H and O–H groups in total. The van der Waals surface area contributed by atoms with Crippen molar-refractivity contribution >= 4 is 15.7 Å². The maximum Gasteiger partial charge on any atom is 0.416 e. The monoisotopic (exact) mass is 449 g/mol. The van der Waals surface area contributed by atoms with E-state index in [1.54, 1.807) is 13.1 Å². The number of rotatable bonds is 5. The summed E-state index contributed by atoms with van der Waals surface area (Å²) >= 11 is 0. The zero-order chi connectivity index (χ0) is 22.4. The van der Waals surface area contributed by atoms with E-state index in [1.165, 1.54) is 6.20 Å². The number of benzene rings is 2. The van der Waals surface area contributed by atoms with Gasteiger partial charge in [0.05, 0.1) is 16.2 Å². The van der Waals surface area contributed by atoms with Gasteiger partial charge in [0.15, 0.2) is 0 Å². The molecule has 5 nitrogen and oxygen atoms in total. The molecule has 4 rings (SSSR count). The average molecular weight is 449 g/mol. The van der Waals surface area contributed by atoms with Crippen LogP contribution in [0.1, 0.15) is 23.6 Å². The lowest BCUT2D eigenvalue weighted by molar-refractivity contribution is -0.137. The lowest BCUT2D eigenvalue weighted by Crippen LogP contribution is -2.14. The summed E-state index contributed by atoms with van der Waals surface area (Å²) in [6.07, 6.45) is -2.19. The number of nitrogens with zero attached hydrogens (tertiary/aromatic N) is 1. The minimum Gasteiger partial charge on any atom is -0.382 e. The number of anilines is 1. The van der Waals surface area contributed by atoms with Crippen LogP contribution in [0.2, 0.25) is 0 Å². The number of alkyl halides is 3. The van der Waals surface area contributed by atoms with Gasteiger partial charge in [-0.25, -0.2) is 12.4 Å². The van der Waals surface area contributed by atoms with Gasteiger partial charge >= 0.3 is 6.18 Å². The third-order valence-corrected chi connectivity index (χ3v) is 6.98. The molecule has 9 heteroatoms. The fourth-order valence-electron chi connectivity index (χ4n) is 3.85. The molecule has 1 aromatic heterocycles. The first kappa shape index (κ1) is 21.5. The van der Waals surface area contributed by atoms with E-state index < -0.39 is 21.8 Å². The van der Waals surface area contributed by atoms with Crippen LogP contribution >= 0.6 is 0 Å². The van der Waals surface area contributed by atoms with E-state index in [2.05, 4.69) is 17.6 Å². The van der Waals surface area contributed by atoms with Gasteiger partial charge in [-0.2, -0.15) is 13.2 Å². The van der Waals surface area contributed by atoms with Crippen molar-refractivity contribution in [1.29, 1.82) is 0 Å². The van der Waals surface area contributed by atoms with Crippen molar-refractivity contribution < 1.29 is 21.6 Å². The largest absolute Gasteiger partial charge is 0.416 e. The quantitative estimate of drug-likeness (QED) is 0.603. The topological polar surface area (TPSA) is 63.1 Å². The van der Waals surface area contributed by atoms with E-state index in [-0.39, 0.29) is 4.90 Å². The van der Waals surface area contributed by atoms with Crippen LogP contribution in [-0.4, -0.2) is 25.5 Å². The molecule has 0 fully saturated rings. The fourth-order valence-corrected chi connectivity index (χ4v) is 5.24. The Morgan fingerprint density at radius 3 is 2.48 bits per heavy atom. The highest BCUT2D eigenvalue weighted by molar-refractivity contribution is 7.90. The molecular formula is C22H22F3N3O2S. The van der Waals surface area contributed by atoms with Crippen LogP contribution in [-0.2, 0) is 29.2 Å². The summed E-state index contributed by atoms with van der Waals surface area (Å²) < 4.78 is 66.5. The van der Waals surface area contributed by atoms with Crippen molar-refractivity contribution in [3.05, 3.63) is 71.4 Å². The molecule has 2 heterocycles. The lowest BCUT2D eigenvalue weighted by Gasteiger charge is -2.13. The molecule has 1 aliphatic rings. The Morgan fingerprint density at radius 2 is 1.84 bits per heavy atom. The van der Waals surface area contributed by atoms with E-state index in [0.29, 0.717) is 18.3 Å². The summed E-state index contributed by atoms with van der Waals surface area (Å²) in [7, 11) is -2.34. The molecule has 0 bridgehead atoms. The molecule has 1 unspecified atom stereocenters. The second-order valence-electron chi connectivity index (χ2n) is 7.71. The van der Waals surface area contributed by atoms with Crippen LogP contribution in [0.25, 0.3) is 11.3 Å².